The van der Waals surface area contributed by atoms with Gasteiger partial charge in [-0.3, -0.25) is 4.90 Å². The minimum absolute atomic E-state index is 0.0852. The Morgan fingerprint density at radius 2 is 1.67 bits per heavy atom. The molecule has 3 rings (SSSR count). The largest absolute Gasteiger partial charge is 0.379 e. The number of hydrogen-bond donors (Lipinski definition) is 1. The summed E-state index contributed by atoms with van der Waals surface area (Å²) in [5.41, 5.74) is 2.21. The highest BCUT2D eigenvalue weighted by Crippen LogP contribution is 2.29. The molecule has 0 amide bonds. The van der Waals surface area contributed by atoms with Crippen molar-refractivity contribution < 1.29 is 13.2 Å². The SMILES string of the molecule is Cc1ccc(C(CNS(=O)(=O)c2c(Cl)cccc2Cl)N2CCOCC2)cc1. The van der Waals surface area contributed by atoms with Crippen LogP contribution in [0.4, 0.5) is 0 Å². The molecule has 0 aromatic heterocycles. The fourth-order valence-corrected chi connectivity index (χ4v) is 5.31. The molecule has 1 unspecified atom stereocenters. The maximum atomic E-state index is 12.8. The number of ether oxygens (including phenoxy) is 1. The van der Waals surface area contributed by atoms with E-state index in [0.29, 0.717) is 13.2 Å². The second-order valence-corrected chi connectivity index (χ2v) is 9.00. The third-order valence-corrected chi connectivity index (χ3v) is 6.98. The van der Waals surface area contributed by atoms with Crippen LogP contribution in [0.5, 0.6) is 0 Å². The molecule has 0 spiro atoms. The molecule has 5 nitrogen and oxygen atoms in total. The Balaban J connectivity index is 1.84. The number of hydrogen-bond acceptors (Lipinski definition) is 4. The van der Waals surface area contributed by atoms with Gasteiger partial charge < -0.3 is 4.74 Å². The summed E-state index contributed by atoms with van der Waals surface area (Å²) >= 11 is 12.2. The van der Waals surface area contributed by atoms with Crippen LogP contribution >= 0.6 is 23.2 Å². The van der Waals surface area contributed by atoms with E-state index in [0.717, 1.165) is 24.2 Å². The van der Waals surface area contributed by atoms with Gasteiger partial charge in [-0.1, -0.05) is 59.1 Å². The van der Waals surface area contributed by atoms with Crippen molar-refractivity contribution in [2.45, 2.75) is 17.9 Å². The Kier molecular flexibility index (Phi) is 6.78. The molecule has 1 atom stereocenters. The molecule has 2 aromatic rings. The molecule has 1 fully saturated rings. The van der Waals surface area contributed by atoms with Crippen molar-refractivity contribution in [1.82, 2.24) is 9.62 Å². The predicted molar refractivity (Wildman–Crippen MR) is 108 cm³/mol. The number of sulfonamides is 1. The maximum absolute atomic E-state index is 12.8. The zero-order chi connectivity index (χ0) is 19.4. The number of benzene rings is 2. The third kappa shape index (κ3) is 5.02. The van der Waals surface area contributed by atoms with Crippen molar-refractivity contribution >= 4 is 33.2 Å². The van der Waals surface area contributed by atoms with Gasteiger partial charge in [0.15, 0.2) is 0 Å². The van der Waals surface area contributed by atoms with E-state index in [9.17, 15) is 8.42 Å². The second-order valence-electron chi connectivity index (χ2n) is 6.48. The molecule has 0 saturated carbocycles. The van der Waals surface area contributed by atoms with Crippen molar-refractivity contribution in [3.8, 4) is 0 Å². The first-order valence-corrected chi connectivity index (χ1v) is 10.9. The number of rotatable bonds is 6. The quantitative estimate of drug-likeness (QED) is 0.762. The van der Waals surface area contributed by atoms with Gasteiger partial charge in [0.2, 0.25) is 10.0 Å². The lowest BCUT2D eigenvalue weighted by Crippen LogP contribution is -2.43. The van der Waals surface area contributed by atoms with Gasteiger partial charge in [-0.25, -0.2) is 13.1 Å². The van der Waals surface area contributed by atoms with Gasteiger partial charge in [0.05, 0.1) is 23.3 Å². The van der Waals surface area contributed by atoms with E-state index in [2.05, 4.69) is 9.62 Å². The van der Waals surface area contributed by atoms with E-state index < -0.39 is 10.0 Å². The Bertz CT molecular complexity index is 862. The topological polar surface area (TPSA) is 58.6 Å². The summed E-state index contributed by atoms with van der Waals surface area (Å²) in [5.74, 6) is 0. The van der Waals surface area contributed by atoms with E-state index in [4.69, 9.17) is 27.9 Å². The number of nitrogens with one attached hydrogen (secondary N) is 1. The van der Waals surface area contributed by atoms with Crippen molar-refractivity contribution in [1.29, 1.82) is 0 Å². The van der Waals surface area contributed by atoms with Crippen LogP contribution in [0.25, 0.3) is 0 Å². The van der Waals surface area contributed by atoms with Gasteiger partial charge in [-0.15, -0.1) is 0 Å². The van der Waals surface area contributed by atoms with Gasteiger partial charge in [0.1, 0.15) is 4.90 Å². The monoisotopic (exact) mass is 428 g/mol. The van der Waals surface area contributed by atoms with Crippen molar-refractivity contribution in [2.24, 2.45) is 0 Å². The van der Waals surface area contributed by atoms with Crippen molar-refractivity contribution in [2.75, 3.05) is 32.8 Å². The van der Waals surface area contributed by atoms with Crippen LogP contribution in [-0.2, 0) is 14.8 Å². The van der Waals surface area contributed by atoms with E-state index in [-0.39, 0.29) is 27.5 Å². The summed E-state index contributed by atoms with van der Waals surface area (Å²) < 4.78 is 33.8. The van der Waals surface area contributed by atoms with Crippen LogP contribution < -0.4 is 4.72 Å². The summed E-state index contributed by atoms with van der Waals surface area (Å²) in [6.07, 6.45) is 0. The molecule has 0 bridgehead atoms. The smallest absolute Gasteiger partial charge is 0.243 e. The first kappa shape index (κ1) is 20.6. The maximum Gasteiger partial charge on any atom is 0.243 e. The van der Waals surface area contributed by atoms with Crippen LogP contribution in [0.15, 0.2) is 47.4 Å². The Labute approximate surface area is 170 Å². The van der Waals surface area contributed by atoms with Gasteiger partial charge in [0.25, 0.3) is 0 Å². The standard InChI is InChI=1S/C19H22Cl2N2O3S/c1-14-5-7-15(8-6-14)18(23-9-11-26-12-10-23)13-22-27(24,25)19-16(20)3-2-4-17(19)21/h2-8,18,22H,9-13H2,1H3. The van der Waals surface area contributed by atoms with Crippen molar-refractivity contribution in [3.05, 3.63) is 63.6 Å². The molecule has 1 N–H and O–H groups in total. The molecule has 1 heterocycles. The summed E-state index contributed by atoms with van der Waals surface area (Å²) in [6.45, 7) is 4.99. The average molecular weight is 429 g/mol. The summed E-state index contributed by atoms with van der Waals surface area (Å²) in [7, 11) is -3.84. The molecule has 1 aliphatic heterocycles. The van der Waals surface area contributed by atoms with Gasteiger partial charge in [0, 0.05) is 25.7 Å². The van der Waals surface area contributed by atoms with Crippen LogP contribution in [0.3, 0.4) is 0 Å². The number of halogens is 2. The summed E-state index contributed by atoms with van der Waals surface area (Å²) in [6, 6.07) is 12.7. The molecular formula is C19H22Cl2N2O3S. The Hall–Kier alpha value is -1.15. The summed E-state index contributed by atoms with van der Waals surface area (Å²) in [5, 5.41) is 0.210. The first-order chi connectivity index (χ1) is 12.9. The molecular weight excluding hydrogens is 407 g/mol. The lowest BCUT2D eigenvalue weighted by atomic mass is 10.0. The number of morpholine rings is 1. The predicted octanol–water partition coefficient (Wildman–Crippen LogP) is 3.65. The zero-order valence-corrected chi connectivity index (χ0v) is 17.3. The Morgan fingerprint density at radius 1 is 1.07 bits per heavy atom. The fourth-order valence-electron chi connectivity index (χ4n) is 3.14. The minimum atomic E-state index is -3.84. The molecule has 1 aliphatic rings. The lowest BCUT2D eigenvalue weighted by molar-refractivity contribution is 0.0172. The van der Waals surface area contributed by atoms with Crippen LogP contribution in [-0.4, -0.2) is 46.2 Å². The number of aryl methyl sites for hydroxylation is 1. The van der Waals surface area contributed by atoms with Gasteiger partial charge >= 0.3 is 0 Å². The lowest BCUT2D eigenvalue weighted by Gasteiger charge is -2.35. The third-order valence-electron chi connectivity index (χ3n) is 4.60. The molecule has 2 aromatic carbocycles. The molecule has 146 valence electrons. The highest BCUT2D eigenvalue weighted by Gasteiger charge is 2.27. The number of nitrogens with zero attached hydrogens (tertiary/aromatic N) is 1. The van der Waals surface area contributed by atoms with E-state index >= 15 is 0 Å². The molecule has 1 saturated heterocycles. The van der Waals surface area contributed by atoms with Crippen LogP contribution in [0, 0.1) is 6.92 Å². The summed E-state index contributed by atoms with van der Waals surface area (Å²) in [4.78, 5) is 2.14. The van der Waals surface area contributed by atoms with Gasteiger partial charge in [-0.2, -0.15) is 0 Å². The zero-order valence-electron chi connectivity index (χ0n) is 15.0. The average Bonchev–Trinajstić information content (AvgIpc) is 2.64. The molecule has 27 heavy (non-hydrogen) atoms. The highest BCUT2D eigenvalue weighted by atomic mass is 35.5. The molecule has 0 radical (unpaired) electrons. The van der Waals surface area contributed by atoms with Crippen LogP contribution in [0.1, 0.15) is 17.2 Å². The first-order valence-electron chi connectivity index (χ1n) is 8.70. The normalized spacial score (nSPS) is 17.0. The second kappa shape index (κ2) is 8.90. The van der Waals surface area contributed by atoms with Gasteiger partial charge in [-0.05, 0) is 24.6 Å². The van der Waals surface area contributed by atoms with E-state index in [1.54, 1.807) is 6.07 Å². The Morgan fingerprint density at radius 3 is 2.26 bits per heavy atom. The van der Waals surface area contributed by atoms with E-state index in [1.165, 1.54) is 12.1 Å². The molecule has 8 heteroatoms. The minimum Gasteiger partial charge on any atom is -0.379 e. The van der Waals surface area contributed by atoms with Crippen molar-refractivity contribution in [3.63, 3.8) is 0 Å². The fraction of sp³-hybridized carbons (Fsp3) is 0.368. The van der Waals surface area contributed by atoms with Crippen LogP contribution in [0.2, 0.25) is 10.0 Å². The highest BCUT2D eigenvalue weighted by molar-refractivity contribution is 7.89. The van der Waals surface area contributed by atoms with E-state index in [1.807, 2.05) is 31.2 Å². The molecule has 0 aliphatic carbocycles.